The molecule has 3 rings (SSSR count). The molecule has 7 heteroatoms. The van der Waals surface area contributed by atoms with Crippen LogP contribution in [0.1, 0.15) is 11.6 Å². The molecule has 0 amide bonds. The van der Waals surface area contributed by atoms with Crippen molar-refractivity contribution in [3.05, 3.63) is 75.1 Å². The third kappa shape index (κ3) is 2.76. The molecule has 0 aliphatic heterocycles. The highest BCUT2D eigenvalue weighted by molar-refractivity contribution is 5.75. The van der Waals surface area contributed by atoms with Gasteiger partial charge in [0.15, 0.2) is 5.52 Å². The lowest BCUT2D eigenvalue weighted by molar-refractivity contribution is -0.141. The van der Waals surface area contributed by atoms with Gasteiger partial charge in [-0.1, -0.05) is 30.3 Å². The van der Waals surface area contributed by atoms with Crippen molar-refractivity contribution in [3.63, 3.8) is 0 Å². The summed E-state index contributed by atoms with van der Waals surface area (Å²) in [5.74, 6) is -1.25. The van der Waals surface area contributed by atoms with Crippen molar-refractivity contribution in [1.82, 2.24) is 14.5 Å². The van der Waals surface area contributed by atoms with Crippen LogP contribution < -0.4 is 11.2 Å². The van der Waals surface area contributed by atoms with E-state index in [1.165, 1.54) is 6.20 Å². The number of carbonyl (C=O) groups is 1. The topological polar surface area (TPSA) is 105 Å². The molecule has 0 bridgehead atoms. The van der Waals surface area contributed by atoms with E-state index in [0.717, 1.165) is 0 Å². The molecular formula is C16H13N3O4. The number of pyridine rings is 1. The second kappa shape index (κ2) is 5.88. The maximum absolute atomic E-state index is 12.5. The van der Waals surface area contributed by atoms with Crippen molar-refractivity contribution < 1.29 is 9.90 Å². The van der Waals surface area contributed by atoms with Gasteiger partial charge >= 0.3 is 11.7 Å². The number of hydrogen-bond donors (Lipinski definition) is 2. The van der Waals surface area contributed by atoms with Crippen LogP contribution in [0.2, 0.25) is 0 Å². The van der Waals surface area contributed by atoms with Gasteiger partial charge in [-0.15, -0.1) is 0 Å². The summed E-state index contributed by atoms with van der Waals surface area (Å²) in [6.07, 6.45) is 1.44. The van der Waals surface area contributed by atoms with E-state index in [0.29, 0.717) is 10.1 Å². The predicted octanol–water partition coefficient (Wildman–Crippen LogP) is 0.953. The molecule has 0 aliphatic carbocycles. The average Bonchev–Trinajstić information content (AvgIpc) is 2.54. The van der Waals surface area contributed by atoms with E-state index in [1.54, 1.807) is 42.5 Å². The lowest BCUT2D eigenvalue weighted by Crippen LogP contribution is -2.42. The van der Waals surface area contributed by atoms with Crippen molar-refractivity contribution in [2.24, 2.45) is 0 Å². The largest absolute Gasteiger partial charge is 0.480 e. The fourth-order valence-electron chi connectivity index (χ4n) is 2.47. The van der Waals surface area contributed by atoms with Crippen LogP contribution in [0.4, 0.5) is 0 Å². The molecule has 3 aromatic rings. The van der Waals surface area contributed by atoms with Crippen LogP contribution in [0.5, 0.6) is 0 Å². The van der Waals surface area contributed by atoms with Crippen molar-refractivity contribution in [2.45, 2.75) is 12.5 Å². The third-order valence-electron chi connectivity index (χ3n) is 3.56. The summed E-state index contributed by atoms with van der Waals surface area (Å²) in [6.45, 7) is 0. The molecule has 23 heavy (non-hydrogen) atoms. The minimum Gasteiger partial charge on any atom is -0.480 e. The van der Waals surface area contributed by atoms with E-state index in [9.17, 15) is 19.5 Å². The summed E-state index contributed by atoms with van der Waals surface area (Å²) in [5, 5.41) is 9.48. The minimum atomic E-state index is -1.31. The van der Waals surface area contributed by atoms with Gasteiger partial charge in [-0.2, -0.15) is 0 Å². The van der Waals surface area contributed by atoms with Crippen LogP contribution in [-0.4, -0.2) is 25.6 Å². The summed E-state index contributed by atoms with van der Waals surface area (Å²) in [5.41, 5.74) is -0.451. The molecule has 1 atom stereocenters. The number of nitrogens with one attached hydrogen (secondary N) is 1. The first-order valence-electron chi connectivity index (χ1n) is 6.94. The summed E-state index contributed by atoms with van der Waals surface area (Å²) < 4.78 is 0.713. The first-order valence-corrected chi connectivity index (χ1v) is 6.94. The Morgan fingerprint density at radius 1 is 1.17 bits per heavy atom. The molecule has 1 aromatic carbocycles. The highest BCUT2D eigenvalue weighted by Crippen LogP contribution is 2.12. The fraction of sp³-hybridized carbons (Fsp3) is 0.125. The van der Waals surface area contributed by atoms with Crippen LogP contribution in [0, 0.1) is 0 Å². The molecule has 0 spiro atoms. The monoisotopic (exact) mass is 311 g/mol. The molecule has 2 aromatic heterocycles. The van der Waals surface area contributed by atoms with Crippen LogP contribution >= 0.6 is 0 Å². The minimum absolute atomic E-state index is 0.0253. The standard InChI is InChI=1S/C16H13N3O4/c20-14-13-11(7-4-8-17-13)18-16(23)19(14)12(15(21)22)9-10-5-2-1-3-6-10/h1-8,12H,9H2,(H,18,23)(H,21,22)/t12-/m0/s1. The normalized spacial score (nSPS) is 12.2. The number of benzene rings is 1. The fourth-order valence-corrected chi connectivity index (χ4v) is 2.47. The molecule has 0 saturated carbocycles. The number of aromatic nitrogens is 3. The van der Waals surface area contributed by atoms with E-state index >= 15 is 0 Å². The van der Waals surface area contributed by atoms with E-state index in [4.69, 9.17) is 0 Å². The first kappa shape index (κ1) is 14.7. The zero-order valence-electron chi connectivity index (χ0n) is 12.0. The maximum atomic E-state index is 12.5. The Balaban J connectivity index is 2.17. The van der Waals surface area contributed by atoms with Crippen LogP contribution in [0.15, 0.2) is 58.3 Å². The van der Waals surface area contributed by atoms with Crippen molar-refractivity contribution >= 4 is 17.0 Å². The highest BCUT2D eigenvalue weighted by Gasteiger charge is 2.25. The molecule has 0 aliphatic rings. The Labute approximate surface area is 129 Å². The second-order valence-corrected chi connectivity index (χ2v) is 5.05. The van der Waals surface area contributed by atoms with Gasteiger partial charge in [-0.25, -0.2) is 19.1 Å². The third-order valence-corrected chi connectivity index (χ3v) is 3.56. The molecule has 116 valence electrons. The van der Waals surface area contributed by atoms with Gasteiger partial charge in [0.2, 0.25) is 0 Å². The van der Waals surface area contributed by atoms with Crippen LogP contribution in [0.3, 0.4) is 0 Å². The SMILES string of the molecule is O=C(O)[C@H](Cc1ccccc1)n1c(=O)[nH]c2cccnc2c1=O. The van der Waals surface area contributed by atoms with Crippen molar-refractivity contribution in [2.75, 3.05) is 0 Å². The molecule has 0 fully saturated rings. The zero-order valence-corrected chi connectivity index (χ0v) is 12.0. The predicted molar refractivity (Wildman–Crippen MR) is 83.4 cm³/mol. The van der Waals surface area contributed by atoms with Gasteiger partial charge < -0.3 is 10.1 Å². The number of aliphatic carboxylic acids is 1. The molecule has 0 saturated heterocycles. The number of nitrogens with zero attached hydrogens (tertiary/aromatic N) is 2. The Morgan fingerprint density at radius 2 is 1.91 bits per heavy atom. The van der Waals surface area contributed by atoms with Crippen molar-refractivity contribution in [1.29, 1.82) is 0 Å². The zero-order chi connectivity index (χ0) is 16.4. The summed E-state index contributed by atoms with van der Waals surface area (Å²) >= 11 is 0. The molecular weight excluding hydrogens is 298 g/mol. The molecule has 7 nitrogen and oxygen atoms in total. The number of carboxylic acids is 1. The molecule has 2 heterocycles. The Hall–Kier alpha value is -3.22. The van der Waals surface area contributed by atoms with E-state index in [-0.39, 0.29) is 17.5 Å². The van der Waals surface area contributed by atoms with Gasteiger partial charge in [-0.3, -0.25) is 4.79 Å². The molecule has 0 unspecified atom stereocenters. The quantitative estimate of drug-likeness (QED) is 0.746. The number of rotatable bonds is 4. The Bertz CT molecular complexity index is 976. The highest BCUT2D eigenvalue weighted by atomic mass is 16.4. The van der Waals surface area contributed by atoms with Gasteiger partial charge in [0.05, 0.1) is 5.52 Å². The van der Waals surface area contributed by atoms with Gasteiger partial charge in [0, 0.05) is 12.6 Å². The lowest BCUT2D eigenvalue weighted by Gasteiger charge is -2.15. The summed E-state index contributed by atoms with van der Waals surface area (Å²) in [4.78, 5) is 42.8. The molecule has 0 radical (unpaired) electrons. The number of H-pyrrole nitrogens is 1. The van der Waals surface area contributed by atoms with E-state index in [1.807, 2.05) is 0 Å². The molecule has 2 N–H and O–H groups in total. The van der Waals surface area contributed by atoms with Crippen LogP contribution in [-0.2, 0) is 11.2 Å². The average molecular weight is 311 g/mol. The first-order chi connectivity index (χ1) is 11.1. The van der Waals surface area contributed by atoms with Crippen molar-refractivity contribution in [3.8, 4) is 0 Å². The van der Waals surface area contributed by atoms with E-state index in [2.05, 4.69) is 9.97 Å². The number of fused-ring (bicyclic) bond motifs is 1. The number of hydrogen-bond acceptors (Lipinski definition) is 4. The van der Waals surface area contributed by atoms with E-state index < -0.39 is 23.3 Å². The summed E-state index contributed by atoms with van der Waals surface area (Å²) in [7, 11) is 0. The second-order valence-electron chi connectivity index (χ2n) is 5.05. The van der Waals surface area contributed by atoms with Crippen LogP contribution in [0.25, 0.3) is 11.0 Å². The van der Waals surface area contributed by atoms with Gasteiger partial charge in [0.25, 0.3) is 5.56 Å². The lowest BCUT2D eigenvalue weighted by atomic mass is 10.1. The van der Waals surface area contributed by atoms with Gasteiger partial charge in [-0.05, 0) is 17.7 Å². The van der Waals surface area contributed by atoms with Gasteiger partial charge in [0.1, 0.15) is 6.04 Å². The Kier molecular flexibility index (Phi) is 3.76. The Morgan fingerprint density at radius 3 is 2.61 bits per heavy atom. The summed E-state index contributed by atoms with van der Waals surface area (Å²) in [6, 6.07) is 10.6. The maximum Gasteiger partial charge on any atom is 0.329 e. The number of aromatic amines is 1. The smallest absolute Gasteiger partial charge is 0.329 e. The number of carboxylic acid groups (broad SMARTS) is 1.